The van der Waals surface area contributed by atoms with Gasteiger partial charge in [0, 0.05) is 12.5 Å². The number of para-hydroxylation sites is 1. The number of rotatable bonds is 5. The van der Waals surface area contributed by atoms with Gasteiger partial charge in [0.1, 0.15) is 0 Å². The van der Waals surface area contributed by atoms with Crippen LogP contribution in [0.5, 0.6) is 0 Å². The molecule has 1 aliphatic rings. The molecule has 1 N–H and O–H groups in total. The molecule has 0 radical (unpaired) electrons. The van der Waals surface area contributed by atoms with Crippen LogP contribution < -0.4 is 10.9 Å². The van der Waals surface area contributed by atoms with Crippen LogP contribution in [0.4, 0.5) is 0 Å². The van der Waals surface area contributed by atoms with Gasteiger partial charge in [-0.2, -0.15) is 10.2 Å². The van der Waals surface area contributed by atoms with E-state index >= 15 is 0 Å². The second-order valence-electron chi connectivity index (χ2n) is 6.76. The van der Waals surface area contributed by atoms with Crippen LogP contribution >= 0.6 is 0 Å². The Morgan fingerprint density at radius 1 is 1.19 bits per heavy atom. The lowest BCUT2D eigenvalue weighted by molar-refractivity contribution is -0.121. The van der Waals surface area contributed by atoms with Gasteiger partial charge in [-0.3, -0.25) is 9.59 Å². The monoisotopic (exact) mass is 351 g/mol. The minimum absolute atomic E-state index is 0.0371. The maximum atomic E-state index is 12.8. The number of hydrogen-bond donors (Lipinski definition) is 1. The number of aryl methyl sites for hydroxylation is 3. The molecular weight excluding hydrogens is 330 g/mol. The summed E-state index contributed by atoms with van der Waals surface area (Å²) in [5.41, 5.74) is 2.65. The van der Waals surface area contributed by atoms with Crippen molar-refractivity contribution in [3.8, 4) is 5.69 Å². The van der Waals surface area contributed by atoms with Crippen molar-refractivity contribution in [2.45, 2.75) is 45.7 Å². The molecular formula is C19H21N5O2. The summed E-state index contributed by atoms with van der Waals surface area (Å²) in [5, 5.41) is 12.6. The molecule has 0 spiro atoms. The number of hydrogen-bond acceptors (Lipinski definition) is 4. The predicted molar refractivity (Wildman–Crippen MR) is 98.4 cm³/mol. The molecule has 1 aliphatic carbocycles. The summed E-state index contributed by atoms with van der Waals surface area (Å²) in [6.45, 7) is 4.06. The first-order chi connectivity index (χ1) is 12.5. The molecule has 1 fully saturated rings. The molecule has 1 amide bonds. The van der Waals surface area contributed by atoms with Gasteiger partial charge in [0.15, 0.2) is 5.52 Å². The minimum Gasteiger partial charge on any atom is -0.353 e. The third-order valence-corrected chi connectivity index (χ3v) is 4.68. The molecule has 7 heteroatoms. The highest BCUT2D eigenvalue weighted by Crippen LogP contribution is 2.21. The van der Waals surface area contributed by atoms with E-state index < -0.39 is 0 Å². The summed E-state index contributed by atoms with van der Waals surface area (Å²) < 4.78 is 3.12. The first-order valence-electron chi connectivity index (χ1n) is 8.86. The second kappa shape index (κ2) is 6.40. The van der Waals surface area contributed by atoms with Gasteiger partial charge in [-0.05, 0) is 38.8 Å². The first kappa shape index (κ1) is 16.5. The van der Waals surface area contributed by atoms with Crippen molar-refractivity contribution in [3.63, 3.8) is 0 Å². The summed E-state index contributed by atoms with van der Waals surface area (Å²) in [6, 6.07) is 10.0. The molecule has 2 heterocycles. The van der Waals surface area contributed by atoms with E-state index in [1.54, 1.807) is 4.68 Å². The van der Waals surface area contributed by atoms with Crippen molar-refractivity contribution >= 4 is 16.8 Å². The van der Waals surface area contributed by atoms with Crippen LogP contribution in [0.1, 0.15) is 30.7 Å². The van der Waals surface area contributed by atoms with E-state index in [1.165, 1.54) is 4.68 Å². The normalized spacial score (nSPS) is 13.9. The first-order valence-corrected chi connectivity index (χ1v) is 8.86. The molecule has 1 saturated carbocycles. The van der Waals surface area contributed by atoms with Crippen molar-refractivity contribution in [2.24, 2.45) is 0 Å². The third kappa shape index (κ3) is 3.00. The van der Waals surface area contributed by atoms with Gasteiger partial charge < -0.3 is 5.32 Å². The fraction of sp³-hybridized carbons (Fsp3) is 0.368. The topological polar surface area (TPSA) is 81.8 Å². The van der Waals surface area contributed by atoms with E-state index in [2.05, 4.69) is 15.5 Å². The highest BCUT2D eigenvalue weighted by molar-refractivity contribution is 5.83. The van der Waals surface area contributed by atoms with E-state index in [0.717, 1.165) is 35.3 Å². The van der Waals surface area contributed by atoms with Crippen molar-refractivity contribution in [1.29, 1.82) is 0 Å². The van der Waals surface area contributed by atoms with Gasteiger partial charge in [-0.25, -0.2) is 9.36 Å². The average Bonchev–Trinajstić information content (AvgIpc) is 3.37. The number of benzene rings is 1. The Morgan fingerprint density at radius 2 is 1.92 bits per heavy atom. The number of fused-ring (bicyclic) bond motifs is 1. The zero-order valence-corrected chi connectivity index (χ0v) is 14.9. The zero-order valence-electron chi connectivity index (χ0n) is 14.9. The number of nitrogens with zero attached hydrogens (tertiary/aromatic N) is 4. The summed E-state index contributed by atoms with van der Waals surface area (Å²) in [7, 11) is 0. The fourth-order valence-corrected chi connectivity index (χ4v) is 3.19. The molecule has 3 aromatic rings. The van der Waals surface area contributed by atoms with E-state index in [4.69, 9.17) is 0 Å². The van der Waals surface area contributed by atoms with Crippen molar-refractivity contribution in [2.75, 3.05) is 0 Å². The molecule has 26 heavy (non-hydrogen) atoms. The van der Waals surface area contributed by atoms with Gasteiger partial charge in [0.25, 0.3) is 5.56 Å². The molecule has 0 bridgehead atoms. The van der Waals surface area contributed by atoms with Gasteiger partial charge in [0.05, 0.1) is 29.0 Å². The third-order valence-electron chi connectivity index (χ3n) is 4.68. The van der Waals surface area contributed by atoms with Gasteiger partial charge in [-0.15, -0.1) is 0 Å². The van der Waals surface area contributed by atoms with Gasteiger partial charge in [0.2, 0.25) is 5.91 Å². The van der Waals surface area contributed by atoms with Crippen LogP contribution in [0.25, 0.3) is 16.6 Å². The summed E-state index contributed by atoms with van der Waals surface area (Å²) in [4.78, 5) is 24.7. The van der Waals surface area contributed by atoms with Crippen LogP contribution in [-0.2, 0) is 11.3 Å². The smallest absolute Gasteiger partial charge is 0.295 e. The molecule has 4 rings (SSSR count). The quantitative estimate of drug-likeness (QED) is 0.761. The van der Waals surface area contributed by atoms with Crippen LogP contribution in [-0.4, -0.2) is 31.5 Å². The van der Waals surface area contributed by atoms with Crippen LogP contribution in [0.2, 0.25) is 0 Å². The Labute approximate surface area is 150 Å². The van der Waals surface area contributed by atoms with Crippen LogP contribution in [0, 0.1) is 13.8 Å². The molecule has 0 aliphatic heterocycles. The molecule has 0 saturated heterocycles. The van der Waals surface area contributed by atoms with Gasteiger partial charge >= 0.3 is 0 Å². The lowest BCUT2D eigenvalue weighted by atomic mass is 10.2. The van der Waals surface area contributed by atoms with E-state index in [-0.39, 0.29) is 24.4 Å². The number of carbonyl (C=O) groups is 1. The maximum Gasteiger partial charge on any atom is 0.295 e. The zero-order chi connectivity index (χ0) is 18.3. The van der Waals surface area contributed by atoms with Crippen molar-refractivity contribution in [1.82, 2.24) is 24.9 Å². The van der Waals surface area contributed by atoms with Crippen LogP contribution in [0.15, 0.2) is 35.1 Å². The van der Waals surface area contributed by atoms with Gasteiger partial charge in [-0.1, -0.05) is 18.2 Å². The molecule has 2 aromatic heterocycles. The van der Waals surface area contributed by atoms with E-state index in [0.29, 0.717) is 11.6 Å². The molecule has 0 atom stereocenters. The summed E-state index contributed by atoms with van der Waals surface area (Å²) >= 11 is 0. The minimum atomic E-state index is -0.261. The highest BCUT2D eigenvalue weighted by atomic mass is 16.2. The fourth-order valence-electron chi connectivity index (χ4n) is 3.19. The Bertz CT molecular complexity index is 1030. The molecule has 7 nitrogen and oxygen atoms in total. The second-order valence-corrected chi connectivity index (χ2v) is 6.76. The Balaban J connectivity index is 1.69. The molecule has 1 aromatic carbocycles. The molecule has 134 valence electrons. The number of nitrogens with one attached hydrogen (secondary N) is 1. The SMILES string of the molecule is Cc1nn(CCC(=O)NC2CC2)c(=O)c2nn(-c3ccccc3)c(C)c12. The number of carbonyl (C=O) groups excluding carboxylic acids is 1. The summed E-state index contributed by atoms with van der Waals surface area (Å²) in [6.07, 6.45) is 2.34. The standard InChI is InChI=1S/C19H21N5O2/c1-12-17-13(2)24(15-6-4-3-5-7-15)22-18(17)19(26)23(21-12)11-10-16(25)20-14-8-9-14/h3-7,14H,8-11H2,1-2H3,(H,20,25). The maximum absolute atomic E-state index is 12.8. The highest BCUT2D eigenvalue weighted by Gasteiger charge is 2.23. The lowest BCUT2D eigenvalue weighted by Gasteiger charge is -2.07. The van der Waals surface area contributed by atoms with Crippen molar-refractivity contribution < 1.29 is 4.79 Å². The number of aromatic nitrogens is 4. The molecule has 0 unspecified atom stereocenters. The Morgan fingerprint density at radius 3 is 2.62 bits per heavy atom. The Kier molecular flexibility index (Phi) is 4.06. The number of amides is 1. The summed E-state index contributed by atoms with van der Waals surface area (Å²) in [5.74, 6) is -0.0371. The van der Waals surface area contributed by atoms with E-state index in [9.17, 15) is 9.59 Å². The Hall–Kier alpha value is -2.96. The van der Waals surface area contributed by atoms with Crippen molar-refractivity contribution in [3.05, 3.63) is 52.1 Å². The lowest BCUT2D eigenvalue weighted by Crippen LogP contribution is -2.30. The average molecular weight is 351 g/mol. The predicted octanol–water partition coefficient (Wildman–Crippen LogP) is 1.87. The van der Waals surface area contributed by atoms with E-state index in [1.807, 2.05) is 44.2 Å². The van der Waals surface area contributed by atoms with Crippen LogP contribution in [0.3, 0.4) is 0 Å². The largest absolute Gasteiger partial charge is 0.353 e.